The van der Waals surface area contributed by atoms with Crippen LogP contribution in [0.15, 0.2) is 23.2 Å². The summed E-state index contributed by atoms with van der Waals surface area (Å²) in [5.41, 5.74) is 0.841. The molecule has 3 rings (SSSR count). The lowest BCUT2D eigenvalue weighted by Crippen LogP contribution is -2.45. The Kier molecular flexibility index (Phi) is 10.7. The van der Waals surface area contributed by atoms with Gasteiger partial charge in [0.05, 0.1) is 7.11 Å². The van der Waals surface area contributed by atoms with Crippen LogP contribution in [0.5, 0.6) is 11.5 Å². The van der Waals surface area contributed by atoms with E-state index < -0.39 is 6.61 Å². The number of nitrogens with zero attached hydrogens (tertiary/aromatic N) is 2. The van der Waals surface area contributed by atoms with Gasteiger partial charge >= 0.3 is 6.61 Å². The van der Waals surface area contributed by atoms with Crippen LogP contribution in [0.1, 0.15) is 37.7 Å². The van der Waals surface area contributed by atoms with E-state index in [2.05, 4.69) is 20.4 Å². The number of likely N-dealkylation sites (tertiary alicyclic amines) is 1. The Balaban J connectivity index is 0.00000363. The highest BCUT2D eigenvalue weighted by atomic mass is 127. The third kappa shape index (κ3) is 7.35. The van der Waals surface area contributed by atoms with Crippen molar-refractivity contribution in [2.24, 2.45) is 10.9 Å². The number of hydrogen-bond acceptors (Lipinski definition) is 4. The van der Waals surface area contributed by atoms with Crippen molar-refractivity contribution in [3.63, 3.8) is 0 Å². The lowest BCUT2D eigenvalue weighted by molar-refractivity contribution is -0.134. The van der Waals surface area contributed by atoms with Gasteiger partial charge in [0.25, 0.3) is 0 Å². The van der Waals surface area contributed by atoms with Gasteiger partial charge in [0.2, 0.25) is 5.91 Å². The fourth-order valence-electron chi connectivity index (χ4n) is 4.29. The molecule has 180 valence electrons. The van der Waals surface area contributed by atoms with Crippen molar-refractivity contribution in [2.75, 3.05) is 33.8 Å². The molecule has 2 fully saturated rings. The molecular formula is C22H33F2IN4O3. The molecule has 7 nitrogen and oxygen atoms in total. The summed E-state index contributed by atoms with van der Waals surface area (Å²) < 4.78 is 34.8. The number of benzene rings is 1. The first-order chi connectivity index (χ1) is 15.0. The lowest BCUT2D eigenvalue weighted by atomic mass is 10.1. The molecular weight excluding hydrogens is 533 g/mol. The average Bonchev–Trinajstić information content (AvgIpc) is 3.45. The van der Waals surface area contributed by atoms with E-state index in [9.17, 15) is 13.6 Å². The molecule has 1 aromatic rings. The van der Waals surface area contributed by atoms with Gasteiger partial charge in [-0.25, -0.2) is 0 Å². The lowest BCUT2D eigenvalue weighted by Gasteiger charge is -2.21. The number of hydrogen-bond donors (Lipinski definition) is 2. The topological polar surface area (TPSA) is 75.2 Å². The monoisotopic (exact) mass is 566 g/mol. The van der Waals surface area contributed by atoms with Crippen LogP contribution in [0.25, 0.3) is 0 Å². The Hall–Kier alpha value is -1.85. The molecule has 1 saturated heterocycles. The first-order valence-corrected chi connectivity index (χ1v) is 10.9. The van der Waals surface area contributed by atoms with Gasteiger partial charge in [0.15, 0.2) is 17.5 Å². The summed E-state index contributed by atoms with van der Waals surface area (Å²) >= 11 is 0. The molecule has 10 heteroatoms. The summed E-state index contributed by atoms with van der Waals surface area (Å²) in [5, 5.41) is 6.63. The normalized spacial score (nSPS) is 19.1. The fourth-order valence-corrected chi connectivity index (χ4v) is 4.29. The highest BCUT2D eigenvalue weighted by molar-refractivity contribution is 14.0. The van der Waals surface area contributed by atoms with E-state index in [-0.39, 0.29) is 47.4 Å². The largest absolute Gasteiger partial charge is 0.493 e. The number of rotatable bonds is 8. The minimum Gasteiger partial charge on any atom is -0.493 e. The highest BCUT2D eigenvalue weighted by Gasteiger charge is 2.32. The summed E-state index contributed by atoms with van der Waals surface area (Å²) in [6.07, 6.45) is 5.85. The van der Waals surface area contributed by atoms with E-state index in [0.717, 1.165) is 44.2 Å². The Labute approximate surface area is 205 Å². The van der Waals surface area contributed by atoms with Gasteiger partial charge in [-0.2, -0.15) is 8.78 Å². The smallest absolute Gasteiger partial charge is 0.387 e. The number of amides is 1. The first kappa shape index (κ1) is 26.4. The van der Waals surface area contributed by atoms with Crippen molar-refractivity contribution >= 4 is 35.8 Å². The predicted octanol–water partition coefficient (Wildman–Crippen LogP) is 3.41. The van der Waals surface area contributed by atoms with E-state index in [0.29, 0.717) is 31.4 Å². The Bertz CT molecular complexity index is 776. The number of alkyl halides is 2. The maximum atomic E-state index is 12.6. The van der Waals surface area contributed by atoms with Gasteiger partial charge in [0, 0.05) is 38.6 Å². The minimum absolute atomic E-state index is 0. The maximum absolute atomic E-state index is 12.6. The highest BCUT2D eigenvalue weighted by Crippen LogP contribution is 2.30. The van der Waals surface area contributed by atoms with Gasteiger partial charge in [-0.15, -0.1) is 24.0 Å². The Morgan fingerprint density at radius 1 is 1.25 bits per heavy atom. The number of nitrogens with one attached hydrogen (secondary N) is 2. The van der Waals surface area contributed by atoms with Crippen LogP contribution in [-0.4, -0.2) is 63.2 Å². The standard InChI is InChI=1S/C22H32F2N4O3.HI/c1-25-22(27-17-10-12-28(14-17)20(29)16-5-3-4-6-16)26-11-9-15-7-8-18(30-2)19(13-15)31-21(23)24;/h7-8,13,16-17,21H,3-6,9-12,14H2,1-2H3,(H2,25,26,27);1H. The second kappa shape index (κ2) is 13.0. The molecule has 32 heavy (non-hydrogen) atoms. The van der Waals surface area contributed by atoms with Crippen LogP contribution >= 0.6 is 24.0 Å². The molecule has 1 aliphatic heterocycles. The third-order valence-corrected chi connectivity index (χ3v) is 5.92. The second-order valence-electron chi connectivity index (χ2n) is 8.01. The zero-order valence-electron chi connectivity index (χ0n) is 18.6. The zero-order chi connectivity index (χ0) is 22.2. The molecule has 1 unspecified atom stereocenters. The predicted molar refractivity (Wildman–Crippen MR) is 130 cm³/mol. The average molecular weight is 566 g/mol. The van der Waals surface area contributed by atoms with Crippen LogP contribution < -0.4 is 20.1 Å². The van der Waals surface area contributed by atoms with E-state index >= 15 is 0 Å². The zero-order valence-corrected chi connectivity index (χ0v) is 20.9. The van der Waals surface area contributed by atoms with Gasteiger partial charge in [-0.3, -0.25) is 9.79 Å². The summed E-state index contributed by atoms with van der Waals surface area (Å²) in [4.78, 5) is 18.8. The van der Waals surface area contributed by atoms with Gasteiger partial charge < -0.3 is 25.0 Å². The molecule has 0 bridgehead atoms. The molecule has 0 spiro atoms. The summed E-state index contributed by atoms with van der Waals surface area (Å²) in [6, 6.07) is 5.17. The third-order valence-electron chi connectivity index (χ3n) is 5.92. The van der Waals surface area contributed by atoms with Crippen LogP contribution in [0, 0.1) is 5.92 Å². The van der Waals surface area contributed by atoms with Crippen molar-refractivity contribution in [1.82, 2.24) is 15.5 Å². The number of aliphatic imine (C=N–C) groups is 1. The van der Waals surface area contributed by atoms with E-state index in [1.165, 1.54) is 7.11 Å². The van der Waals surface area contributed by atoms with Crippen LogP contribution in [0.2, 0.25) is 0 Å². The number of methoxy groups -OCH3 is 1. The maximum Gasteiger partial charge on any atom is 0.387 e. The molecule has 2 aliphatic rings. The summed E-state index contributed by atoms with van der Waals surface area (Å²) in [5.74, 6) is 1.46. The van der Waals surface area contributed by atoms with Crippen molar-refractivity contribution in [3.8, 4) is 11.5 Å². The van der Waals surface area contributed by atoms with Crippen molar-refractivity contribution in [2.45, 2.75) is 51.2 Å². The van der Waals surface area contributed by atoms with Crippen LogP contribution in [-0.2, 0) is 11.2 Å². The van der Waals surface area contributed by atoms with Crippen molar-refractivity contribution in [1.29, 1.82) is 0 Å². The number of guanidine groups is 1. The summed E-state index contributed by atoms with van der Waals surface area (Å²) in [7, 11) is 3.11. The molecule has 1 amide bonds. The van der Waals surface area contributed by atoms with Gasteiger partial charge in [-0.05, 0) is 43.4 Å². The first-order valence-electron chi connectivity index (χ1n) is 10.9. The number of ether oxygens (including phenoxy) is 2. The van der Waals surface area contributed by atoms with Crippen LogP contribution in [0.3, 0.4) is 0 Å². The molecule has 2 N–H and O–H groups in total. The Morgan fingerprint density at radius 3 is 2.66 bits per heavy atom. The number of halogens is 3. The number of carbonyl (C=O) groups is 1. The molecule has 1 heterocycles. The number of carbonyl (C=O) groups excluding carboxylic acids is 1. The van der Waals surface area contributed by atoms with Crippen molar-refractivity contribution in [3.05, 3.63) is 23.8 Å². The van der Waals surface area contributed by atoms with Gasteiger partial charge in [0.1, 0.15) is 0 Å². The van der Waals surface area contributed by atoms with E-state index in [1.807, 2.05) is 11.0 Å². The molecule has 0 radical (unpaired) electrons. The van der Waals surface area contributed by atoms with Gasteiger partial charge in [-0.1, -0.05) is 18.9 Å². The Morgan fingerprint density at radius 2 is 2.00 bits per heavy atom. The molecule has 0 aromatic heterocycles. The fraction of sp³-hybridized carbons (Fsp3) is 0.636. The van der Waals surface area contributed by atoms with E-state index in [4.69, 9.17) is 4.74 Å². The molecule has 1 aliphatic carbocycles. The van der Waals surface area contributed by atoms with E-state index in [1.54, 1.807) is 19.2 Å². The SMILES string of the molecule is CN=C(NCCc1ccc(OC)c(OC(F)F)c1)NC1CCN(C(=O)C2CCCC2)C1.I. The molecule has 1 saturated carbocycles. The molecule has 1 aromatic carbocycles. The van der Waals surface area contributed by atoms with Crippen LogP contribution in [0.4, 0.5) is 8.78 Å². The molecule has 1 atom stereocenters. The van der Waals surface area contributed by atoms with Crippen molar-refractivity contribution < 1.29 is 23.0 Å². The minimum atomic E-state index is -2.91. The second-order valence-corrected chi connectivity index (χ2v) is 8.01. The summed E-state index contributed by atoms with van der Waals surface area (Å²) in [6.45, 7) is -0.861. The quantitative estimate of drug-likeness (QED) is 0.287.